The monoisotopic (exact) mass is 287 g/mol. The van der Waals surface area contributed by atoms with Gasteiger partial charge < -0.3 is 21.1 Å². The van der Waals surface area contributed by atoms with Gasteiger partial charge in [0, 0.05) is 26.1 Å². The smallest absolute Gasteiger partial charge is 0.314 e. The largest absolute Gasteiger partial charge is 0.481 e. The topological polar surface area (TPSA) is 108 Å². The Balaban J connectivity index is 3.77. The second kappa shape index (κ2) is 11.1. The fraction of sp³-hybridized carbons (Fsp3) is 0.769. The minimum Gasteiger partial charge on any atom is -0.481 e. The number of urea groups is 1. The molecule has 0 heterocycles. The molecule has 0 aromatic heterocycles. The Hall–Kier alpha value is -1.79. The molecule has 0 spiro atoms. The van der Waals surface area contributed by atoms with Crippen LogP contribution in [-0.2, 0) is 9.59 Å². The molecule has 0 bridgehead atoms. The number of rotatable bonds is 10. The van der Waals surface area contributed by atoms with Gasteiger partial charge in [0.15, 0.2) is 0 Å². The summed E-state index contributed by atoms with van der Waals surface area (Å²) in [6.07, 6.45) is 2.35. The zero-order valence-corrected chi connectivity index (χ0v) is 12.2. The summed E-state index contributed by atoms with van der Waals surface area (Å²) in [6, 6.07) is -0.448. The fourth-order valence-electron chi connectivity index (χ4n) is 1.58. The van der Waals surface area contributed by atoms with E-state index in [1.807, 2.05) is 13.8 Å². The van der Waals surface area contributed by atoms with Crippen LogP contribution in [0.1, 0.15) is 39.5 Å². The van der Waals surface area contributed by atoms with E-state index in [2.05, 4.69) is 16.0 Å². The van der Waals surface area contributed by atoms with Crippen LogP contribution in [-0.4, -0.2) is 42.6 Å². The van der Waals surface area contributed by atoms with Crippen molar-refractivity contribution in [3.8, 4) is 0 Å². The van der Waals surface area contributed by atoms with Crippen LogP contribution in [0, 0.1) is 5.92 Å². The number of aliphatic carboxylic acids is 1. The lowest BCUT2D eigenvalue weighted by molar-refractivity contribution is -0.141. The van der Waals surface area contributed by atoms with Crippen molar-refractivity contribution in [2.75, 3.05) is 19.6 Å². The van der Waals surface area contributed by atoms with Gasteiger partial charge in [-0.2, -0.15) is 0 Å². The van der Waals surface area contributed by atoms with Crippen molar-refractivity contribution in [2.24, 2.45) is 5.92 Å². The number of nitrogens with one attached hydrogen (secondary N) is 3. The number of amides is 3. The zero-order valence-electron chi connectivity index (χ0n) is 12.2. The second-order valence-corrected chi connectivity index (χ2v) is 4.56. The predicted molar refractivity (Wildman–Crippen MR) is 75.4 cm³/mol. The quantitative estimate of drug-likeness (QED) is 0.474. The summed E-state index contributed by atoms with van der Waals surface area (Å²) in [5.41, 5.74) is 0. The third-order valence-corrected chi connectivity index (χ3v) is 2.71. The molecular formula is C13H25N3O4. The van der Waals surface area contributed by atoms with Crippen molar-refractivity contribution in [3.63, 3.8) is 0 Å². The van der Waals surface area contributed by atoms with E-state index in [1.54, 1.807) is 0 Å². The summed E-state index contributed by atoms with van der Waals surface area (Å²) in [6.45, 7) is 4.80. The highest BCUT2D eigenvalue weighted by Gasteiger charge is 2.16. The van der Waals surface area contributed by atoms with Gasteiger partial charge in [-0.05, 0) is 12.8 Å². The maximum atomic E-state index is 11.4. The van der Waals surface area contributed by atoms with Crippen molar-refractivity contribution in [1.29, 1.82) is 0 Å². The van der Waals surface area contributed by atoms with Crippen molar-refractivity contribution >= 4 is 17.9 Å². The molecule has 0 aromatic rings. The highest BCUT2D eigenvalue weighted by Crippen LogP contribution is 2.04. The van der Waals surface area contributed by atoms with Crippen LogP contribution in [0.15, 0.2) is 0 Å². The summed E-state index contributed by atoms with van der Waals surface area (Å²) < 4.78 is 0. The van der Waals surface area contributed by atoms with Gasteiger partial charge in [-0.25, -0.2) is 4.79 Å². The Morgan fingerprint density at radius 3 is 2.25 bits per heavy atom. The van der Waals surface area contributed by atoms with Gasteiger partial charge in [0.2, 0.25) is 5.91 Å². The van der Waals surface area contributed by atoms with Gasteiger partial charge in [0.25, 0.3) is 0 Å². The van der Waals surface area contributed by atoms with Crippen molar-refractivity contribution in [1.82, 2.24) is 16.0 Å². The standard InChI is InChI=1S/C13H25N3O4/c1-3-5-10(12(18)19)9-16-13(20)15-8-6-11(17)14-7-4-2/h10H,3-9H2,1-2H3,(H,14,17)(H,18,19)(H2,15,16,20). The molecular weight excluding hydrogens is 262 g/mol. The predicted octanol–water partition coefficient (Wildman–Crippen LogP) is 0.703. The maximum absolute atomic E-state index is 11.4. The summed E-state index contributed by atoms with van der Waals surface area (Å²) in [7, 11) is 0. The van der Waals surface area contributed by atoms with Crippen LogP contribution in [0.5, 0.6) is 0 Å². The summed E-state index contributed by atoms with van der Waals surface area (Å²) in [4.78, 5) is 33.6. The second-order valence-electron chi connectivity index (χ2n) is 4.56. The Morgan fingerprint density at radius 1 is 1.00 bits per heavy atom. The molecule has 0 aromatic carbocycles. The molecule has 7 nitrogen and oxygen atoms in total. The Kier molecular flexibility index (Phi) is 10.1. The number of hydrogen-bond acceptors (Lipinski definition) is 3. The number of carbonyl (C=O) groups excluding carboxylic acids is 2. The van der Waals surface area contributed by atoms with Crippen LogP contribution in [0.25, 0.3) is 0 Å². The number of carboxylic acids is 1. The van der Waals surface area contributed by atoms with E-state index in [0.29, 0.717) is 13.0 Å². The molecule has 0 aliphatic rings. The minimum absolute atomic E-state index is 0.0943. The lowest BCUT2D eigenvalue weighted by Gasteiger charge is -2.13. The lowest BCUT2D eigenvalue weighted by Crippen LogP contribution is -2.41. The minimum atomic E-state index is -0.911. The number of carboxylic acid groups (broad SMARTS) is 1. The van der Waals surface area contributed by atoms with Crippen molar-refractivity contribution < 1.29 is 19.5 Å². The third-order valence-electron chi connectivity index (χ3n) is 2.71. The highest BCUT2D eigenvalue weighted by atomic mass is 16.4. The van der Waals surface area contributed by atoms with Crippen LogP contribution in [0.4, 0.5) is 4.79 Å². The number of carbonyl (C=O) groups is 3. The number of hydrogen-bond donors (Lipinski definition) is 4. The average molecular weight is 287 g/mol. The van der Waals surface area contributed by atoms with E-state index in [1.165, 1.54) is 0 Å². The van der Waals surface area contributed by atoms with Gasteiger partial charge in [0.1, 0.15) is 0 Å². The zero-order chi connectivity index (χ0) is 15.4. The molecule has 0 saturated carbocycles. The molecule has 0 aliphatic heterocycles. The van der Waals surface area contributed by atoms with E-state index < -0.39 is 17.9 Å². The Labute approximate surface area is 119 Å². The first-order valence-electron chi connectivity index (χ1n) is 7.02. The third kappa shape index (κ3) is 9.18. The molecule has 20 heavy (non-hydrogen) atoms. The van der Waals surface area contributed by atoms with E-state index in [9.17, 15) is 14.4 Å². The Bertz CT molecular complexity index is 321. The highest BCUT2D eigenvalue weighted by molar-refractivity contribution is 5.78. The van der Waals surface area contributed by atoms with Crippen LogP contribution >= 0.6 is 0 Å². The molecule has 1 unspecified atom stereocenters. The first-order valence-corrected chi connectivity index (χ1v) is 7.02. The molecule has 7 heteroatoms. The van der Waals surface area contributed by atoms with E-state index >= 15 is 0 Å². The molecule has 3 amide bonds. The average Bonchev–Trinajstić information content (AvgIpc) is 2.40. The summed E-state index contributed by atoms with van der Waals surface area (Å²) in [5, 5.41) is 16.6. The molecule has 0 saturated heterocycles. The molecule has 0 rings (SSSR count). The first-order chi connectivity index (χ1) is 9.51. The molecule has 1 atom stereocenters. The van der Waals surface area contributed by atoms with Crippen molar-refractivity contribution in [3.05, 3.63) is 0 Å². The SMILES string of the molecule is CCCNC(=O)CCNC(=O)NCC(CCC)C(=O)O. The first kappa shape index (κ1) is 18.2. The van der Waals surface area contributed by atoms with E-state index in [0.717, 1.165) is 12.8 Å². The Morgan fingerprint density at radius 2 is 1.70 bits per heavy atom. The van der Waals surface area contributed by atoms with Crippen molar-refractivity contribution in [2.45, 2.75) is 39.5 Å². The van der Waals surface area contributed by atoms with Gasteiger partial charge >= 0.3 is 12.0 Å². The molecule has 0 aliphatic carbocycles. The normalized spacial score (nSPS) is 11.5. The fourth-order valence-corrected chi connectivity index (χ4v) is 1.58. The summed E-state index contributed by atoms with van der Waals surface area (Å²) in [5.74, 6) is -1.59. The molecule has 116 valence electrons. The van der Waals surface area contributed by atoms with E-state index in [4.69, 9.17) is 5.11 Å². The molecule has 0 radical (unpaired) electrons. The maximum Gasteiger partial charge on any atom is 0.314 e. The van der Waals surface area contributed by atoms with Gasteiger partial charge in [-0.15, -0.1) is 0 Å². The van der Waals surface area contributed by atoms with Gasteiger partial charge in [-0.1, -0.05) is 20.3 Å². The van der Waals surface area contributed by atoms with Gasteiger partial charge in [-0.3, -0.25) is 9.59 Å². The van der Waals surface area contributed by atoms with Crippen LogP contribution in [0.3, 0.4) is 0 Å². The molecule has 0 fully saturated rings. The molecule has 4 N–H and O–H groups in total. The summed E-state index contributed by atoms with van der Waals surface area (Å²) >= 11 is 0. The lowest BCUT2D eigenvalue weighted by atomic mass is 10.0. The van der Waals surface area contributed by atoms with E-state index in [-0.39, 0.29) is 25.4 Å². The van der Waals surface area contributed by atoms with Crippen LogP contribution < -0.4 is 16.0 Å². The van der Waals surface area contributed by atoms with Crippen LogP contribution in [0.2, 0.25) is 0 Å². The van der Waals surface area contributed by atoms with Gasteiger partial charge in [0.05, 0.1) is 5.92 Å².